The first-order valence-corrected chi connectivity index (χ1v) is 7.95. The Morgan fingerprint density at radius 1 is 1.16 bits per heavy atom. The van der Waals surface area contributed by atoms with Crippen molar-refractivity contribution in [2.45, 2.75) is 19.3 Å². The van der Waals surface area contributed by atoms with Gasteiger partial charge < -0.3 is 15.0 Å². The molecule has 0 amide bonds. The van der Waals surface area contributed by atoms with E-state index in [1.807, 2.05) is 24.3 Å². The van der Waals surface area contributed by atoms with Crippen LogP contribution in [0.1, 0.15) is 19.3 Å². The smallest absolute Gasteiger partial charge is 0.120 e. The summed E-state index contributed by atoms with van der Waals surface area (Å²) in [5.74, 6) is 0.923. The Morgan fingerprint density at radius 3 is 2.79 bits per heavy atom. The van der Waals surface area contributed by atoms with Crippen LogP contribution in [0, 0.1) is 0 Å². The van der Waals surface area contributed by atoms with Gasteiger partial charge in [0, 0.05) is 24.1 Å². The van der Waals surface area contributed by atoms with Gasteiger partial charge in [0.2, 0.25) is 0 Å². The highest BCUT2D eigenvalue weighted by atomic mass is 79.9. The molecule has 0 atom stereocenters. The van der Waals surface area contributed by atoms with Crippen LogP contribution >= 0.6 is 15.9 Å². The van der Waals surface area contributed by atoms with Gasteiger partial charge in [-0.25, -0.2) is 0 Å². The zero-order valence-corrected chi connectivity index (χ0v) is 13.0. The first-order valence-electron chi connectivity index (χ1n) is 7.16. The summed E-state index contributed by atoms with van der Waals surface area (Å²) < 4.78 is 6.73. The average Bonchev–Trinajstić information content (AvgIpc) is 2.44. The van der Waals surface area contributed by atoms with E-state index < -0.39 is 0 Å². The van der Waals surface area contributed by atoms with E-state index >= 15 is 0 Å². The quantitative estimate of drug-likeness (QED) is 0.780. The first-order chi connectivity index (χ1) is 9.34. The summed E-state index contributed by atoms with van der Waals surface area (Å²) in [4.78, 5) is 2.55. The molecule has 1 fully saturated rings. The second kappa shape index (κ2) is 8.56. The van der Waals surface area contributed by atoms with E-state index in [2.05, 4.69) is 26.1 Å². The molecule has 2 rings (SSSR count). The van der Waals surface area contributed by atoms with Crippen LogP contribution in [0.2, 0.25) is 0 Å². The molecular formula is C15H23BrN2O. The monoisotopic (exact) mass is 326 g/mol. The van der Waals surface area contributed by atoms with Crippen molar-refractivity contribution in [3.63, 3.8) is 0 Å². The summed E-state index contributed by atoms with van der Waals surface area (Å²) in [7, 11) is 0. The molecule has 0 unspecified atom stereocenters. The van der Waals surface area contributed by atoms with Gasteiger partial charge in [-0.1, -0.05) is 28.4 Å². The van der Waals surface area contributed by atoms with Crippen molar-refractivity contribution in [1.29, 1.82) is 0 Å². The van der Waals surface area contributed by atoms with Crippen LogP contribution in [0.3, 0.4) is 0 Å². The fourth-order valence-corrected chi connectivity index (χ4v) is 2.72. The van der Waals surface area contributed by atoms with Crippen molar-refractivity contribution < 1.29 is 4.74 Å². The minimum absolute atomic E-state index is 0.719. The predicted octanol–water partition coefficient (Wildman–Crippen LogP) is 2.90. The maximum atomic E-state index is 5.67. The van der Waals surface area contributed by atoms with E-state index in [1.165, 1.54) is 32.4 Å². The van der Waals surface area contributed by atoms with E-state index in [1.54, 1.807) is 0 Å². The molecule has 0 spiro atoms. The third kappa shape index (κ3) is 5.93. The number of hydrogen-bond acceptors (Lipinski definition) is 3. The lowest BCUT2D eigenvalue weighted by molar-refractivity contribution is 0.226. The summed E-state index contributed by atoms with van der Waals surface area (Å²) in [6.07, 6.45) is 4.14. The number of likely N-dealkylation sites (tertiary alicyclic amines) is 1. The number of hydrogen-bond donors (Lipinski definition) is 1. The third-order valence-electron chi connectivity index (χ3n) is 3.40. The molecule has 106 valence electrons. The Bertz CT molecular complexity index is 367. The highest BCUT2D eigenvalue weighted by molar-refractivity contribution is 9.10. The number of ether oxygens (including phenoxy) is 1. The number of nitrogens with zero attached hydrogens (tertiary/aromatic N) is 1. The van der Waals surface area contributed by atoms with Crippen LogP contribution in [-0.4, -0.2) is 44.2 Å². The zero-order chi connectivity index (χ0) is 13.3. The largest absolute Gasteiger partial charge is 0.492 e. The van der Waals surface area contributed by atoms with Gasteiger partial charge in [0.15, 0.2) is 0 Å². The molecular weight excluding hydrogens is 304 g/mol. The van der Waals surface area contributed by atoms with E-state index in [0.717, 1.165) is 36.5 Å². The molecule has 1 aromatic carbocycles. The van der Waals surface area contributed by atoms with Gasteiger partial charge in [-0.15, -0.1) is 0 Å². The van der Waals surface area contributed by atoms with Gasteiger partial charge in [0.25, 0.3) is 0 Å². The fourth-order valence-electron chi connectivity index (χ4n) is 2.34. The van der Waals surface area contributed by atoms with Crippen molar-refractivity contribution in [1.82, 2.24) is 10.2 Å². The number of piperidine rings is 1. The highest BCUT2D eigenvalue weighted by Gasteiger charge is 2.08. The summed E-state index contributed by atoms with van der Waals surface area (Å²) in [5.41, 5.74) is 0. The minimum Gasteiger partial charge on any atom is -0.492 e. The van der Waals surface area contributed by atoms with Crippen LogP contribution in [0.5, 0.6) is 5.75 Å². The fraction of sp³-hybridized carbons (Fsp3) is 0.600. The minimum atomic E-state index is 0.719. The summed E-state index contributed by atoms with van der Waals surface area (Å²) in [5, 5.41) is 3.44. The molecule has 0 aromatic heterocycles. The van der Waals surface area contributed by atoms with E-state index in [9.17, 15) is 0 Å². The highest BCUT2D eigenvalue weighted by Crippen LogP contribution is 2.17. The Morgan fingerprint density at radius 2 is 2.00 bits per heavy atom. The molecule has 0 aliphatic carbocycles. The Hall–Kier alpha value is -0.580. The first kappa shape index (κ1) is 14.8. The second-order valence-corrected chi connectivity index (χ2v) is 5.87. The molecule has 0 radical (unpaired) electrons. The van der Waals surface area contributed by atoms with Crippen LogP contribution in [0.25, 0.3) is 0 Å². The maximum absolute atomic E-state index is 5.67. The van der Waals surface area contributed by atoms with Crippen molar-refractivity contribution >= 4 is 15.9 Å². The van der Waals surface area contributed by atoms with Crippen molar-refractivity contribution in [2.75, 3.05) is 39.3 Å². The van der Waals surface area contributed by atoms with Crippen molar-refractivity contribution in [3.05, 3.63) is 28.7 Å². The Labute approximate surface area is 124 Å². The van der Waals surface area contributed by atoms with Gasteiger partial charge in [0.05, 0.1) is 0 Å². The normalized spacial score (nSPS) is 16.5. The van der Waals surface area contributed by atoms with Gasteiger partial charge >= 0.3 is 0 Å². The van der Waals surface area contributed by atoms with Gasteiger partial charge in [-0.3, -0.25) is 0 Å². The van der Waals surface area contributed by atoms with Crippen LogP contribution < -0.4 is 10.1 Å². The maximum Gasteiger partial charge on any atom is 0.120 e. The number of rotatable bonds is 7. The lowest BCUT2D eigenvalue weighted by atomic mass is 10.1. The van der Waals surface area contributed by atoms with E-state index in [-0.39, 0.29) is 0 Å². The van der Waals surface area contributed by atoms with E-state index in [0.29, 0.717) is 0 Å². The molecule has 4 heteroatoms. The Balaban J connectivity index is 1.50. The molecule has 0 saturated carbocycles. The van der Waals surface area contributed by atoms with Crippen molar-refractivity contribution in [3.8, 4) is 5.75 Å². The lowest BCUT2D eigenvalue weighted by Gasteiger charge is -2.26. The molecule has 1 aliphatic heterocycles. The van der Waals surface area contributed by atoms with E-state index in [4.69, 9.17) is 4.74 Å². The van der Waals surface area contributed by atoms with Gasteiger partial charge in [-0.05, 0) is 44.1 Å². The number of nitrogens with one attached hydrogen (secondary N) is 1. The summed E-state index contributed by atoms with van der Waals surface area (Å²) in [6.45, 7) is 6.39. The zero-order valence-electron chi connectivity index (χ0n) is 11.4. The molecule has 1 N–H and O–H groups in total. The molecule has 3 nitrogen and oxygen atoms in total. The van der Waals surface area contributed by atoms with Crippen LogP contribution in [0.4, 0.5) is 0 Å². The molecule has 0 bridgehead atoms. The SMILES string of the molecule is Brc1cccc(OCCNCCN2CCCCC2)c1. The van der Waals surface area contributed by atoms with Gasteiger partial charge in [0.1, 0.15) is 12.4 Å². The third-order valence-corrected chi connectivity index (χ3v) is 3.89. The number of halogens is 1. The average molecular weight is 327 g/mol. The van der Waals surface area contributed by atoms with Gasteiger partial charge in [-0.2, -0.15) is 0 Å². The molecule has 1 heterocycles. The molecule has 19 heavy (non-hydrogen) atoms. The summed E-state index contributed by atoms with van der Waals surface area (Å²) >= 11 is 3.44. The van der Waals surface area contributed by atoms with Crippen molar-refractivity contribution in [2.24, 2.45) is 0 Å². The predicted molar refractivity (Wildman–Crippen MR) is 82.8 cm³/mol. The molecule has 1 saturated heterocycles. The van der Waals surface area contributed by atoms with Crippen LogP contribution in [-0.2, 0) is 0 Å². The standard InChI is InChI=1S/C15H23BrN2O/c16-14-5-4-6-15(13-14)19-12-8-17-7-11-18-9-2-1-3-10-18/h4-6,13,17H,1-3,7-12H2. The summed E-state index contributed by atoms with van der Waals surface area (Å²) in [6, 6.07) is 7.97. The second-order valence-electron chi connectivity index (χ2n) is 4.96. The molecule has 1 aromatic rings. The lowest BCUT2D eigenvalue weighted by Crippen LogP contribution is -2.36. The van der Waals surface area contributed by atoms with Crippen LogP contribution in [0.15, 0.2) is 28.7 Å². The Kier molecular flexibility index (Phi) is 6.68. The molecule has 1 aliphatic rings. The topological polar surface area (TPSA) is 24.5 Å². The number of benzene rings is 1.